The summed E-state index contributed by atoms with van der Waals surface area (Å²) in [6, 6.07) is -1.64. The highest BCUT2D eigenvalue weighted by Gasteiger charge is 2.31. The zero-order chi connectivity index (χ0) is 15.9. The maximum Gasteiger partial charge on any atom is 0.326 e. The molecule has 0 heterocycles. The van der Waals surface area contributed by atoms with Crippen LogP contribution in [0.15, 0.2) is 0 Å². The fourth-order valence-corrected chi connectivity index (χ4v) is 1.85. The molecule has 0 aliphatic carbocycles. The second kappa shape index (κ2) is 8.55. The fourth-order valence-electron chi connectivity index (χ4n) is 1.85. The van der Waals surface area contributed by atoms with Gasteiger partial charge in [-0.25, -0.2) is 4.79 Å². The van der Waals surface area contributed by atoms with Gasteiger partial charge >= 0.3 is 5.97 Å². The molecule has 0 saturated heterocycles. The molecule has 116 valence electrons. The third kappa shape index (κ3) is 5.59. The molecule has 4 atom stereocenters. The van der Waals surface area contributed by atoms with Crippen LogP contribution in [-0.2, 0) is 14.4 Å². The van der Waals surface area contributed by atoms with Gasteiger partial charge in [0.05, 0.1) is 0 Å². The van der Waals surface area contributed by atoms with Gasteiger partial charge in [-0.1, -0.05) is 40.5 Å². The van der Waals surface area contributed by atoms with Crippen LogP contribution in [0.1, 0.15) is 47.5 Å². The highest BCUT2D eigenvalue weighted by molar-refractivity contribution is 5.90. The van der Waals surface area contributed by atoms with Crippen LogP contribution in [-0.4, -0.2) is 35.0 Å². The maximum absolute atomic E-state index is 12.2. The lowest BCUT2D eigenvalue weighted by Gasteiger charge is -2.26. The first-order chi connectivity index (χ1) is 9.24. The number of hydrogen-bond acceptors (Lipinski definition) is 3. The molecule has 0 radical (unpaired) electrons. The van der Waals surface area contributed by atoms with Gasteiger partial charge in [0, 0.05) is 6.92 Å². The van der Waals surface area contributed by atoms with Crippen LogP contribution >= 0.6 is 0 Å². The zero-order valence-corrected chi connectivity index (χ0v) is 12.9. The van der Waals surface area contributed by atoms with E-state index in [1.165, 1.54) is 6.92 Å². The summed E-state index contributed by atoms with van der Waals surface area (Å²) in [6.45, 7) is 8.74. The van der Waals surface area contributed by atoms with E-state index in [-0.39, 0.29) is 17.7 Å². The van der Waals surface area contributed by atoms with E-state index in [0.29, 0.717) is 12.8 Å². The number of aliphatic carboxylic acids is 1. The lowest BCUT2D eigenvalue weighted by atomic mass is 9.95. The van der Waals surface area contributed by atoms with Crippen molar-refractivity contribution in [1.82, 2.24) is 10.6 Å². The topological polar surface area (TPSA) is 95.5 Å². The Bertz CT molecular complexity index is 357. The number of rotatable bonds is 8. The van der Waals surface area contributed by atoms with Crippen LogP contribution in [0.2, 0.25) is 0 Å². The number of carboxylic acid groups (broad SMARTS) is 1. The molecular weight excluding hydrogens is 260 g/mol. The highest BCUT2D eigenvalue weighted by atomic mass is 16.4. The van der Waals surface area contributed by atoms with Gasteiger partial charge in [0.15, 0.2) is 0 Å². The molecule has 6 heteroatoms. The molecule has 0 spiro atoms. The van der Waals surface area contributed by atoms with Crippen molar-refractivity contribution in [1.29, 1.82) is 0 Å². The lowest BCUT2D eigenvalue weighted by Crippen LogP contribution is -2.55. The van der Waals surface area contributed by atoms with Crippen molar-refractivity contribution in [2.24, 2.45) is 11.8 Å². The van der Waals surface area contributed by atoms with Gasteiger partial charge in [0.1, 0.15) is 12.1 Å². The Morgan fingerprint density at radius 2 is 1.40 bits per heavy atom. The molecule has 6 nitrogen and oxygen atoms in total. The SMILES string of the molecule is CCC(C)C(NC(=O)C(NC(C)=O)C(C)CC)C(=O)O. The lowest BCUT2D eigenvalue weighted by molar-refractivity contribution is -0.144. The minimum Gasteiger partial charge on any atom is -0.480 e. The van der Waals surface area contributed by atoms with E-state index in [9.17, 15) is 19.5 Å². The Morgan fingerprint density at radius 1 is 0.950 bits per heavy atom. The number of amides is 2. The van der Waals surface area contributed by atoms with Crippen molar-refractivity contribution < 1.29 is 19.5 Å². The predicted octanol–water partition coefficient (Wildman–Crippen LogP) is 1.15. The summed E-state index contributed by atoms with van der Waals surface area (Å²) in [4.78, 5) is 34.6. The summed E-state index contributed by atoms with van der Waals surface area (Å²) in [5.41, 5.74) is 0. The summed E-state index contributed by atoms with van der Waals surface area (Å²) < 4.78 is 0. The molecule has 0 rings (SSSR count). The molecule has 4 unspecified atom stereocenters. The number of carboxylic acids is 1. The fraction of sp³-hybridized carbons (Fsp3) is 0.786. The number of hydrogen-bond donors (Lipinski definition) is 3. The zero-order valence-electron chi connectivity index (χ0n) is 12.9. The van der Waals surface area contributed by atoms with E-state index in [4.69, 9.17) is 0 Å². The Hall–Kier alpha value is -1.59. The normalized spacial score (nSPS) is 16.6. The third-order valence-electron chi connectivity index (χ3n) is 3.63. The van der Waals surface area contributed by atoms with Crippen molar-refractivity contribution in [2.75, 3.05) is 0 Å². The van der Waals surface area contributed by atoms with Gasteiger partial charge in [-0.2, -0.15) is 0 Å². The van der Waals surface area contributed by atoms with Crippen LogP contribution in [0.4, 0.5) is 0 Å². The molecule has 0 saturated carbocycles. The van der Waals surface area contributed by atoms with Crippen molar-refractivity contribution in [3.63, 3.8) is 0 Å². The van der Waals surface area contributed by atoms with Crippen LogP contribution < -0.4 is 10.6 Å². The molecular formula is C14H26N2O4. The van der Waals surface area contributed by atoms with E-state index >= 15 is 0 Å². The summed E-state index contributed by atoms with van der Waals surface area (Å²) in [5, 5.41) is 14.3. The van der Waals surface area contributed by atoms with Crippen molar-refractivity contribution >= 4 is 17.8 Å². The quantitative estimate of drug-likeness (QED) is 0.624. The summed E-state index contributed by atoms with van der Waals surface area (Å²) in [5.74, 6) is -2.04. The van der Waals surface area contributed by atoms with Crippen LogP contribution in [0.25, 0.3) is 0 Å². The van der Waals surface area contributed by atoms with Gasteiger partial charge in [0.2, 0.25) is 11.8 Å². The predicted molar refractivity (Wildman–Crippen MR) is 76.1 cm³/mol. The number of carbonyl (C=O) groups excluding carboxylic acids is 2. The average molecular weight is 286 g/mol. The molecule has 0 fully saturated rings. The minimum atomic E-state index is -1.06. The Kier molecular flexibility index (Phi) is 7.87. The van der Waals surface area contributed by atoms with Gasteiger partial charge in [-0.15, -0.1) is 0 Å². The van der Waals surface area contributed by atoms with E-state index in [1.807, 2.05) is 20.8 Å². The first-order valence-corrected chi connectivity index (χ1v) is 7.04. The smallest absolute Gasteiger partial charge is 0.326 e. The van der Waals surface area contributed by atoms with E-state index < -0.39 is 24.0 Å². The molecule has 20 heavy (non-hydrogen) atoms. The van der Waals surface area contributed by atoms with Crippen LogP contribution in [0.3, 0.4) is 0 Å². The number of nitrogens with one attached hydrogen (secondary N) is 2. The van der Waals surface area contributed by atoms with Crippen LogP contribution in [0, 0.1) is 11.8 Å². The molecule has 0 aliphatic heterocycles. The second-order valence-corrected chi connectivity index (χ2v) is 5.27. The highest BCUT2D eigenvalue weighted by Crippen LogP contribution is 2.12. The molecule has 0 aromatic carbocycles. The third-order valence-corrected chi connectivity index (χ3v) is 3.63. The molecule has 0 aromatic heterocycles. The van der Waals surface area contributed by atoms with Crippen molar-refractivity contribution in [2.45, 2.75) is 59.5 Å². The van der Waals surface area contributed by atoms with Crippen molar-refractivity contribution in [3.8, 4) is 0 Å². The first kappa shape index (κ1) is 18.4. The van der Waals surface area contributed by atoms with Gasteiger partial charge in [-0.05, 0) is 11.8 Å². The van der Waals surface area contributed by atoms with E-state index in [2.05, 4.69) is 10.6 Å². The number of carbonyl (C=O) groups is 3. The Morgan fingerprint density at radius 3 is 1.75 bits per heavy atom. The monoisotopic (exact) mass is 286 g/mol. The van der Waals surface area contributed by atoms with Gasteiger partial charge in [-0.3, -0.25) is 9.59 Å². The average Bonchev–Trinajstić information content (AvgIpc) is 2.39. The molecule has 3 N–H and O–H groups in total. The standard InChI is InChI=1S/C14H26N2O4/c1-6-8(3)11(15-10(5)17)13(18)16-12(14(19)20)9(4)7-2/h8-9,11-12H,6-7H2,1-5H3,(H,15,17)(H,16,18)(H,19,20). The minimum absolute atomic E-state index is 0.0646. The van der Waals surface area contributed by atoms with Gasteiger partial charge in [0.25, 0.3) is 0 Å². The molecule has 2 amide bonds. The Labute approximate surface area is 120 Å². The second-order valence-electron chi connectivity index (χ2n) is 5.27. The Balaban J connectivity index is 4.96. The van der Waals surface area contributed by atoms with Crippen molar-refractivity contribution in [3.05, 3.63) is 0 Å². The molecule has 0 aliphatic rings. The van der Waals surface area contributed by atoms with E-state index in [0.717, 1.165) is 0 Å². The summed E-state index contributed by atoms with van der Waals surface area (Å²) >= 11 is 0. The van der Waals surface area contributed by atoms with Gasteiger partial charge < -0.3 is 15.7 Å². The summed E-state index contributed by atoms with van der Waals surface area (Å²) in [7, 11) is 0. The van der Waals surface area contributed by atoms with E-state index in [1.54, 1.807) is 6.92 Å². The molecule has 0 bridgehead atoms. The maximum atomic E-state index is 12.2. The van der Waals surface area contributed by atoms with Crippen LogP contribution in [0.5, 0.6) is 0 Å². The largest absolute Gasteiger partial charge is 0.480 e. The first-order valence-electron chi connectivity index (χ1n) is 7.04. The summed E-state index contributed by atoms with van der Waals surface area (Å²) in [6.07, 6.45) is 1.35. The molecule has 0 aromatic rings.